The van der Waals surface area contributed by atoms with Crippen LogP contribution in [0.1, 0.15) is 33.4 Å². The zero-order valence-corrected chi connectivity index (χ0v) is 15.5. The zero-order valence-electron chi connectivity index (χ0n) is 15.5. The molecule has 0 aliphatic rings. The quantitative estimate of drug-likeness (QED) is 0.565. The molecule has 6 nitrogen and oxygen atoms in total. The molecule has 0 aliphatic heterocycles. The topological polar surface area (TPSA) is 61.4 Å². The van der Waals surface area contributed by atoms with Crippen LogP contribution in [0.15, 0.2) is 12.1 Å². The van der Waals surface area contributed by atoms with Gasteiger partial charge in [-0.1, -0.05) is 0 Å². The van der Waals surface area contributed by atoms with Crippen LogP contribution in [0, 0.1) is 27.7 Å². The molecule has 2 aromatic heterocycles. The van der Waals surface area contributed by atoms with E-state index in [0.29, 0.717) is 0 Å². The first-order valence-corrected chi connectivity index (χ1v) is 8.45. The molecule has 25 heavy (non-hydrogen) atoms. The van der Waals surface area contributed by atoms with E-state index in [0.717, 1.165) is 28.5 Å². The van der Waals surface area contributed by atoms with Crippen LogP contribution in [0.25, 0.3) is 22.1 Å². The Labute approximate surface area is 146 Å². The third-order valence-electron chi connectivity index (χ3n) is 5.28. The van der Waals surface area contributed by atoms with Crippen molar-refractivity contribution < 1.29 is 0 Å². The van der Waals surface area contributed by atoms with Gasteiger partial charge in [-0.15, -0.1) is 0 Å². The first-order chi connectivity index (χ1) is 11.8. The van der Waals surface area contributed by atoms with Gasteiger partial charge < -0.3 is 0 Å². The molecule has 0 unspecified atom stereocenters. The second kappa shape index (κ2) is 5.37. The summed E-state index contributed by atoms with van der Waals surface area (Å²) in [5, 5.41) is 17.9. The molecule has 0 amide bonds. The normalized spacial score (nSPS) is 11.8. The van der Waals surface area contributed by atoms with Crippen molar-refractivity contribution in [3.05, 3.63) is 45.5 Å². The van der Waals surface area contributed by atoms with E-state index >= 15 is 0 Å². The molecule has 4 aromatic rings. The highest BCUT2D eigenvalue weighted by atomic mass is 15.5. The van der Waals surface area contributed by atoms with E-state index in [1.54, 1.807) is 9.59 Å². The lowest BCUT2D eigenvalue weighted by Gasteiger charge is -2.13. The molecule has 0 saturated carbocycles. The van der Waals surface area contributed by atoms with Gasteiger partial charge in [0, 0.05) is 14.1 Å². The van der Waals surface area contributed by atoms with Crippen LogP contribution in [-0.4, -0.2) is 30.0 Å². The molecule has 4 rings (SSSR count). The second-order valence-corrected chi connectivity index (χ2v) is 6.86. The molecule has 6 heteroatoms. The molecule has 2 heterocycles. The lowest BCUT2D eigenvalue weighted by atomic mass is 9.92. The Bertz CT molecular complexity index is 1040. The van der Waals surface area contributed by atoms with E-state index in [1.165, 1.54) is 33.4 Å². The highest BCUT2D eigenvalue weighted by Crippen LogP contribution is 2.28. The number of aryl methyl sites for hydroxylation is 4. The van der Waals surface area contributed by atoms with Crippen LogP contribution in [0.3, 0.4) is 0 Å². The van der Waals surface area contributed by atoms with Crippen molar-refractivity contribution in [2.75, 3.05) is 0 Å². The minimum atomic E-state index is 0.859. The Hall–Kier alpha value is -2.76. The van der Waals surface area contributed by atoms with Gasteiger partial charge in [0.05, 0.1) is 0 Å². The zero-order chi connectivity index (χ0) is 17.9. The maximum absolute atomic E-state index is 4.49. The van der Waals surface area contributed by atoms with Gasteiger partial charge in [0.1, 0.15) is 22.1 Å². The summed E-state index contributed by atoms with van der Waals surface area (Å²) < 4.78 is 0. The van der Waals surface area contributed by atoms with Gasteiger partial charge in [-0.3, -0.25) is 0 Å². The van der Waals surface area contributed by atoms with Crippen molar-refractivity contribution in [2.24, 2.45) is 14.1 Å². The van der Waals surface area contributed by atoms with Crippen molar-refractivity contribution in [3.8, 4) is 0 Å². The molecule has 2 aromatic carbocycles. The highest BCUT2D eigenvalue weighted by molar-refractivity contribution is 5.82. The second-order valence-electron chi connectivity index (χ2n) is 6.86. The maximum atomic E-state index is 4.49. The predicted octanol–water partition coefficient (Wildman–Crippen LogP) is 3.07. The van der Waals surface area contributed by atoms with Crippen molar-refractivity contribution in [1.29, 1.82) is 0 Å². The van der Waals surface area contributed by atoms with Crippen LogP contribution in [0.5, 0.6) is 0 Å². The first-order valence-electron chi connectivity index (χ1n) is 8.45. The summed E-state index contributed by atoms with van der Waals surface area (Å²) in [6, 6.07) is 4.33. The van der Waals surface area contributed by atoms with Crippen LogP contribution in [-0.2, 0) is 20.5 Å². The predicted molar refractivity (Wildman–Crippen MR) is 98.8 cm³/mol. The van der Waals surface area contributed by atoms with Gasteiger partial charge >= 0.3 is 0 Å². The number of hydrogen-bond donors (Lipinski definition) is 0. The van der Waals surface area contributed by atoms with E-state index in [-0.39, 0.29) is 0 Å². The number of benzene rings is 2. The van der Waals surface area contributed by atoms with Gasteiger partial charge in [-0.05, 0) is 79.6 Å². The number of aromatic nitrogens is 6. The molecule has 0 bridgehead atoms. The van der Waals surface area contributed by atoms with Gasteiger partial charge in [0.25, 0.3) is 0 Å². The number of nitrogens with zero attached hydrogens (tertiary/aromatic N) is 6. The average molecular weight is 334 g/mol. The smallest absolute Gasteiger partial charge is 0.116 e. The molecule has 0 radical (unpaired) electrons. The number of fused-ring (bicyclic) bond motifs is 2. The van der Waals surface area contributed by atoms with Gasteiger partial charge in [-0.25, -0.2) is 0 Å². The molecule has 0 N–H and O–H groups in total. The largest absolute Gasteiger partial charge is 0.187 e. The third kappa shape index (κ3) is 2.40. The molecular weight excluding hydrogens is 312 g/mol. The summed E-state index contributed by atoms with van der Waals surface area (Å²) in [6.07, 6.45) is 0.859. The van der Waals surface area contributed by atoms with Crippen LogP contribution >= 0.6 is 0 Å². The van der Waals surface area contributed by atoms with Crippen molar-refractivity contribution in [2.45, 2.75) is 34.1 Å². The summed E-state index contributed by atoms with van der Waals surface area (Å²) in [4.78, 5) is 3.28. The molecule has 128 valence electrons. The lowest BCUT2D eigenvalue weighted by molar-refractivity contribution is 0.665. The van der Waals surface area contributed by atoms with E-state index in [1.807, 2.05) is 14.1 Å². The molecular formula is C19H22N6. The van der Waals surface area contributed by atoms with Crippen LogP contribution in [0.4, 0.5) is 0 Å². The highest BCUT2D eigenvalue weighted by Gasteiger charge is 2.15. The Balaban J connectivity index is 1.87. The standard InChI is InChI=1S/C19H22N6/c1-10-12(3)18-16(20-24(5)22-18)8-14(10)7-15-9-17-19(13(4)11(15)2)23-25(6)21-17/h8-9H,7H2,1-6H3. The SMILES string of the molecule is Cc1c(Cc2cc3nn(C)nc3c(C)c2C)cc2nn(C)nc2c1C. The Kier molecular flexibility index (Phi) is 3.39. The van der Waals surface area contributed by atoms with Crippen molar-refractivity contribution in [1.82, 2.24) is 30.0 Å². The van der Waals surface area contributed by atoms with E-state index < -0.39 is 0 Å². The summed E-state index contributed by atoms with van der Waals surface area (Å²) in [7, 11) is 3.73. The Morgan fingerprint density at radius 2 is 1.04 bits per heavy atom. The molecule has 0 saturated heterocycles. The Morgan fingerprint density at radius 3 is 1.44 bits per heavy atom. The fourth-order valence-electron chi connectivity index (χ4n) is 3.53. The summed E-state index contributed by atoms with van der Waals surface area (Å²) in [6.45, 7) is 8.59. The number of hydrogen-bond acceptors (Lipinski definition) is 4. The molecule has 0 spiro atoms. The summed E-state index contributed by atoms with van der Waals surface area (Å²) in [5.74, 6) is 0. The lowest BCUT2D eigenvalue weighted by Crippen LogP contribution is -1.99. The first kappa shape index (κ1) is 15.7. The summed E-state index contributed by atoms with van der Waals surface area (Å²) in [5.41, 5.74) is 11.4. The molecule has 0 aliphatic carbocycles. The minimum absolute atomic E-state index is 0.859. The van der Waals surface area contributed by atoms with E-state index in [9.17, 15) is 0 Å². The van der Waals surface area contributed by atoms with Gasteiger partial charge in [-0.2, -0.15) is 30.0 Å². The minimum Gasteiger partial charge on any atom is -0.187 e. The molecule has 0 fully saturated rings. The average Bonchev–Trinajstić information content (AvgIpc) is 3.11. The fourth-order valence-corrected chi connectivity index (χ4v) is 3.53. The van der Waals surface area contributed by atoms with Crippen molar-refractivity contribution >= 4 is 22.1 Å². The van der Waals surface area contributed by atoms with E-state index in [2.05, 4.69) is 60.2 Å². The van der Waals surface area contributed by atoms with Crippen LogP contribution in [0.2, 0.25) is 0 Å². The van der Waals surface area contributed by atoms with Gasteiger partial charge in [0.2, 0.25) is 0 Å². The molecule has 0 atom stereocenters. The Morgan fingerprint density at radius 1 is 0.640 bits per heavy atom. The summed E-state index contributed by atoms with van der Waals surface area (Å²) >= 11 is 0. The number of rotatable bonds is 2. The van der Waals surface area contributed by atoms with Crippen molar-refractivity contribution in [3.63, 3.8) is 0 Å². The fraction of sp³-hybridized carbons (Fsp3) is 0.368. The maximum Gasteiger partial charge on any atom is 0.116 e. The monoisotopic (exact) mass is 334 g/mol. The van der Waals surface area contributed by atoms with Gasteiger partial charge in [0.15, 0.2) is 0 Å². The van der Waals surface area contributed by atoms with E-state index in [4.69, 9.17) is 0 Å². The third-order valence-corrected chi connectivity index (χ3v) is 5.28. The van der Waals surface area contributed by atoms with Crippen LogP contribution < -0.4 is 0 Å².